The van der Waals surface area contributed by atoms with E-state index < -0.39 is 34.1 Å². The molecule has 0 saturated carbocycles. The first-order chi connectivity index (χ1) is 20.8. The third-order valence-electron chi connectivity index (χ3n) is 6.97. The van der Waals surface area contributed by atoms with Crippen molar-refractivity contribution < 1.29 is 18.0 Å². The number of carbonyl (C=O) groups excluding carboxylic acids is 2. The minimum atomic E-state index is -4.14. The maximum absolute atomic E-state index is 14.5. The van der Waals surface area contributed by atoms with Crippen LogP contribution in [0, 0.1) is 6.92 Å². The van der Waals surface area contributed by atoms with Crippen molar-refractivity contribution in [2.75, 3.05) is 10.8 Å². The summed E-state index contributed by atoms with van der Waals surface area (Å²) in [6, 6.07) is 31.1. The van der Waals surface area contributed by atoms with Crippen molar-refractivity contribution in [3.8, 4) is 0 Å². The van der Waals surface area contributed by atoms with Gasteiger partial charge >= 0.3 is 0 Å². The van der Waals surface area contributed by atoms with Gasteiger partial charge in [-0.1, -0.05) is 94.3 Å². The van der Waals surface area contributed by atoms with E-state index in [0.29, 0.717) is 5.69 Å². The SMILES string of the molecule is Cc1ccc(CN(C(=O)CN(c2ccc(Br)cc2)S(=O)(=O)c2ccccc2)[C@@H](Cc2ccccc2)C(=O)NC(C)(C)C)cc1. The lowest BCUT2D eigenvalue weighted by Gasteiger charge is -2.35. The quantitative estimate of drug-likeness (QED) is 0.196. The monoisotopic (exact) mass is 675 g/mol. The van der Waals surface area contributed by atoms with Crippen molar-refractivity contribution in [3.63, 3.8) is 0 Å². The van der Waals surface area contributed by atoms with E-state index in [4.69, 9.17) is 0 Å². The predicted octanol–water partition coefficient (Wildman–Crippen LogP) is 6.51. The molecule has 2 amide bonds. The smallest absolute Gasteiger partial charge is 0.264 e. The summed E-state index contributed by atoms with van der Waals surface area (Å²) in [6.07, 6.45) is 0.254. The summed E-state index contributed by atoms with van der Waals surface area (Å²) in [7, 11) is -4.14. The number of anilines is 1. The van der Waals surface area contributed by atoms with E-state index in [0.717, 1.165) is 25.5 Å². The van der Waals surface area contributed by atoms with Crippen LogP contribution in [0.15, 0.2) is 119 Å². The Bertz CT molecular complexity index is 1660. The van der Waals surface area contributed by atoms with Crippen LogP contribution in [0.5, 0.6) is 0 Å². The molecule has 4 aromatic carbocycles. The number of nitrogens with one attached hydrogen (secondary N) is 1. The topological polar surface area (TPSA) is 86.8 Å². The van der Waals surface area contributed by atoms with Crippen molar-refractivity contribution in [1.82, 2.24) is 10.2 Å². The lowest BCUT2D eigenvalue weighted by molar-refractivity contribution is -0.140. The van der Waals surface area contributed by atoms with Crippen LogP contribution in [0.2, 0.25) is 0 Å². The average Bonchev–Trinajstić information content (AvgIpc) is 2.99. The first kappa shape index (κ1) is 33.0. The lowest BCUT2D eigenvalue weighted by atomic mass is 10.0. The molecular weight excluding hydrogens is 638 g/mol. The summed E-state index contributed by atoms with van der Waals surface area (Å²) >= 11 is 3.41. The van der Waals surface area contributed by atoms with E-state index >= 15 is 0 Å². The van der Waals surface area contributed by atoms with Gasteiger partial charge in [-0.25, -0.2) is 8.42 Å². The fourth-order valence-electron chi connectivity index (χ4n) is 4.75. The highest BCUT2D eigenvalue weighted by molar-refractivity contribution is 9.10. The molecule has 9 heteroatoms. The number of halogens is 1. The molecule has 1 atom stereocenters. The molecule has 7 nitrogen and oxygen atoms in total. The molecule has 0 saturated heterocycles. The molecule has 4 rings (SSSR count). The van der Waals surface area contributed by atoms with Gasteiger partial charge in [0, 0.05) is 23.0 Å². The van der Waals surface area contributed by atoms with Gasteiger partial charge in [-0.3, -0.25) is 13.9 Å². The normalized spacial score (nSPS) is 12.3. The Morgan fingerprint density at radius 1 is 0.795 bits per heavy atom. The molecule has 0 aliphatic carbocycles. The number of aryl methyl sites for hydroxylation is 1. The third-order valence-corrected chi connectivity index (χ3v) is 9.28. The zero-order valence-corrected chi connectivity index (χ0v) is 27.8. The van der Waals surface area contributed by atoms with E-state index in [1.54, 1.807) is 42.5 Å². The molecule has 0 fully saturated rings. The van der Waals surface area contributed by atoms with Crippen molar-refractivity contribution in [1.29, 1.82) is 0 Å². The molecule has 0 heterocycles. The number of benzene rings is 4. The molecule has 0 aromatic heterocycles. The Labute approximate surface area is 269 Å². The molecule has 0 radical (unpaired) electrons. The minimum Gasteiger partial charge on any atom is -0.350 e. The molecule has 230 valence electrons. The Morgan fingerprint density at radius 3 is 1.93 bits per heavy atom. The van der Waals surface area contributed by atoms with Gasteiger partial charge in [-0.05, 0) is 75.2 Å². The van der Waals surface area contributed by atoms with Gasteiger partial charge in [-0.2, -0.15) is 0 Å². The van der Waals surface area contributed by atoms with Crippen LogP contribution >= 0.6 is 15.9 Å². The molecule has 0 aliphatic heterocycles. The van der Waals surface area contributed by atoms with Crippen LogP contribution in [-0.4, -0.2) is 43.3 Å². The van der Waals surface area contributed by atoms with Gasteiger partial charge in [0.25, 0.3) is 10.0 Å². The molecule has 1 N–H and O–H groups in total. The summed E-state index contributed by atoms with van der Waals surface area (Å²) in [5.74, 6) is -0.819. The van der Waals surface area contributed by atoms with Gasteiger partial charge in [0.1, 0.15) is 12.6 Å². The molecule has 0 aliphatic rings. The number of amides is 2. The van der Waals surface area contributed by atoms with Gasteiger partial charge in [0.15, 0.2) is 0 Å². The molecule has 0 bridgehead atoms. The fraction of sp³-hybridized carbons (Fsp3) is 0.257. The maximum Gasteiger partial charge on any atom is 0.264 e. The number of rotatable bonds is 11. The molecular formula is C35H38BrN3O4S. The Hall–Kier alpha value is -3.95. The van der Waals surface area contributed by atoms with Crippen LogP contribution < -0.4 is 9.62 Å². The number of sulfonamides is 1. The number of hydrogen-bond acceptors (Lipinski definition) is 4. The van der Waals surface area contributed by atoms with Gasteiger partial charge in [-0.15, -0.1) is 0 Å². The van der Waals surface area contributed by atoms with Crippen molar-refractivity contribution in [2.24, 2.45) is 0 Å². The van der Waals surface area contributed by atoms with Crippen molar-refractivity contribution >= 4 is 43.5 Å². The highest BCUT2D eigenvalue weighted by Gasteiger charge is 2.35. The highest BCUT2D eigenvalue weighted by atomic mass is 79.9. The van der Waals surface area contributed by atoms with E-state index in [9.17, 15) is 18.0 Å². The predicted molar refractivity (Wildman–Crippen MR) is 179 cm³/mol. The van der Waals surface area contributed by atoms with Gasteiger partial charge in [0.2, 0.25) is 11.8 Å². The lowest BCUT2D eigenvalue weighted by Crippen LogP contribution is -2.56. The standard InChI is InChI=1S/C35H38BrN3O4S/c1-26-15-17-28(18-16-26)24-38(32(34(41)37-35(2,3)4)23-27-11-7-5-8-12-27)33(40)25-39(30-21-19-29(36)20-22-30)44(42,43)31-13-9-6-10-14-31/h5-22,32H,23-25H2,1-4H3,(H,37,41)/t32-/m0/s1. The van der Waals surface area contributed by atoms with E-state index in [1.165, 1.54) is 17.0 Å². The first-order valence-electron chi connectivity index (χ1n) is 14.4. The van der Waals surface area contributed by atoms with Gasteiger partial charge < -0.3 is 10.2 Å². The zero-order valence-electron chi connectivity index (χ0n) is 25.4. The summed E-state index contributed by atoms with van der Waals surface area (Å²) < 4.78 is 29.9. The van der Waals surface area contributed by atoms with E-state index in [1.807, 2.05) is 82.3 Å². The summed E-state index contributed by atoms with van der Waals surface area (Å²) in [5, 5.41) is 3.05. The molecule has 44 heavy (non-hydrogen) atoms. The minimum absolute atomic E-state index is 0.0621. The Kier molecular flexibility index (Phi) is 10.7. The maximum atomic E-state index is 14.5. The second kappa shape index (κ2) is 14.2. The Balaban J connectivity index is 1.80. The largest absolute Gasteiger partial charge is 0.350 e. The van der Waals surface area contributed by atoms with E-state index in [2.05, 4.69) is 21.2 Å². The molecule has 0 spiro atoms. The second-order valence-corrected chi connectivity index (χ2v) is 14.5. The third kappa shape index (κ3) is 8.80. The number of nitrogens with zero attached hydrogens (tertiary/aromatic N) is 2. The number of carbonyl (C=O) groups is 2. The van der Waals surface area contributed by atoms with Crippen molar-refractivity contribution in [2.45, 2.75) is 57.1 Å². The fourth-order valence-corrected chi connectivity index (χ4v) is 6.45. The first-order valence-corrected chi connectivity index (χ1v) is 16.6. The van der Waals surface area contributed by atoms with E-state index in [-0.39, 0.29) is 23.8 Å². The van der Waals surface area contributed by atoms with Gasteiger partial charge in [0.05, 0.1) is 10.6 Å². The summed E-state index contributed by atoms with van der Waals surface area (Å²) in [5.41, 5.74) is 2.55. The van der Waals surface area contributed by atoms with Crippen molar-refractivity contribution in [3.05, 3.63) is 130 Å². The highest BCUT2D eigenvalue weighted by Crippen LogP contribution is 2.26. The van der Waals surface area contributed by atoms with Crippen LogP contribution in [0.3, 0.4) is 0 Å². The molecule has 4 aromatic rings. The zero-order chi connectivity index (χ0) is 31.9. The second-order valence-electron chi connectivity index (χ2n) is 11.8. The number of hydrogen-bond donors (Lipinski definition) is 1. The Morgan fingerprint density at radius 2 is 1.36 bits per heavy atom. The van der Waals surface area contributed by atoms with Crippen LogP contribution in [0.25, 0.3) is 0 Å². The van der Waals surface area contributed by atoms with Crippen LogP contribution in [0.4, 0.5) is 5.69 Å². The summed E-state index contributed by atoms with van der Waals surface area (Å²) in [6.45, 7) is 7.26. The molecule has 0 unspecified atom stereocenters. The average molecular weight is 677 g/mol. The van der Waals surface area contributed by atoms with Crippen LogP contribution in [-0.2, 0) is 32.6 Å². The van der Waals surface area contributed by atoms with Crippen LogP contribution in [0.1, 0.15) is 37.5 Å². The summed E-state index contributed by atoms with van der Waals surface area (Å²) in [4.78, 5) is 30.0.